The summed E-state index contributed by atoms with van der Waals surface area (Å²) in [5.41, 5.74) is 9.39. The smallest absolute Gasteiger partial charge is 0.123 e. The molecule has 0 atom stereocenters. The van der Waals surface area contributed by atoms with Gasteiger partial charge in [-0.1, -0.05) is 23.2 Å². The van der Waals surface area contributed by atoms with Crippen molar-refractivity contribution < 1.29 is 4.39 Å². The summed E-state index contributed by atoms with van der Waals surface area (Å²) in [5.74, 6) is -0.376. The predicted octanol–water partition coefficient (Wildman–Crippen LogP) is 5.11. The summed E-state index contributed by atoms with van der Waals surface area (Å²) in [4.78, 5) is 4.60. The van der Waals surface area contributed by atoms with Crippen molar-refractivity contribution in [3.8, 4) is 11.3 Å². The highest BCUT2D eigenvalue weighted by Crippen LogP contribution is 2.33. The number of hydrogen-bond donors (Lipinski definition) is 1. The van der Waals surface area contributed by atoms with Crippen molar-refractivity contribution in [2.45, 2.75) is 13.5 Å². The van der Waals surface area contributed by atoms with Crippen LogP contribution >= 0.6 is 23.2 Å². The topological polar surface area (TPSA) is 38.9 Å². The van der Waals surface area contributed by atoms with Crippen molar-refractivity contribution in [2.24, 2.45) is 5.73 Å². The Morgan fingerprint density at radius 3 is 2.59 bits per heavy atom. The van der Waals surface area contributed by atoms with Gasteiger partial charge >= 0.3 is 0 Å². The van der Waals surface area contributed by atoms with Crippen molar-refractivity contribution >= 4 is 34.1 Å². The zero-order valence-corrected chi connectivity index (χ0v) is 13.3. The second-order valence-electron chi connectivity index (χ2n) is 5.14. The van der Waals surface area contributed by atoms with E-state index < -0.39 is 0 Å². The summed E-state index contributed by atoms with van der Waals surface area (Å²) >= 11 is 12.5. The fourth-order valence-corrected chi connectivity index (χ4v) is 3.03. The Morgan fingerprint density at radius 1 is 1.09 bits per heavy atom. The molecule has 3 rings (SSSR count). The standard InChI is InChI=1S/C17H13Cl2FN2/c1-9-4-10-6-11(8-21)16(22-17(10)15(19)5-9)13-7-12(20)2-3-14(13)18/h2-7H,8,21H2,1H3. The SMILES string of the molecule is Cc1cc(Cl)c2nc(-c3cc(F)ccc3Cl)c(CN)cc2c1. The van der Waals surface area contributed by atoms with Crippen LogP contribution in [0.1, 0.15) is 11.1 Å². The van der Waals surface area contributed by atoms with Crippen LogP contribution in [0.3, 0.4) is 0 Å². The molecule has 112 valence electrons. The highest BCUT2D eigenvalue weighted by atomic mass is 35.5. The molecule has 0 unspecified atom stereocenters. The van der Waals surface area contributed by atoms with Crippen molar-refractivity contribution in [3.63, 3.8) is 0 Å². The lowest BCUT2D eigenvalue weighted by Crippen LogP contribution is -2.02. The fourth-order valence-electron chi connectivity index (χ4n) is 2.50. The van der Waals surface area contributed by atoms with E-state index in [2.05, 4.69) is 4.98 Å². The van der Waals surface area contributed by atoms with Gasteiger partial charge in [0, 0.05) is 17.5 Å². The van der Waals surface area contributed by atoms with Crippen LogP contribution in [-0.4, -0.2) is 4.98 Å². The monoisotopic (exact) mass is 334 g/mol. The molecule has 2 nitrogen and oxygen atoms in total. The maximum Gasteiger partial charge on any atom is 0.123 e. The van der Waals surface area contributed by atoms with Gasteiger partial charge in [-0.05, 0) is 54.4 Å². The summed E-state index contributed by atoms with van der Waals surface area (Å²) < 4.78 is 13.6. The zero-order chi connectivity index (χ0) is 15.9. The summed E-state index contributed by atoms with van der Waals surface area (Å²) in [6.07, 6.45) is 0. The quantitative estimate of drug-likeness (QED) is 0.706. The Morgan fingerprint density at radius 2 is 1.86 bits per heavy atom. The third-order valence-corrected chi connectivity index (χ3v) is 4.12. The first-order valence-electron chi connectivity index (χ1n) is 6.75. The van der Waals surface area contributed by atoms with E-state index in [1.54, 1.807) is 0 Å². The molecule has 0 amide bonds. The van der Waals surface area contributed by atoms with E-state index in [-0.39, 0.29) is 12.4 Å². The van der Waals surface area contributed by atoms with Crippen LogP contribution in [0.2, 0.25) is 10.0 Å². The molecule has 1 aromatic heterocycles. The third kappa shape index (κ3) is 2.68. The van der Waals surface area contributed by atoms with Crippen molar-refractivity contribution in [3.05, 3.63) is 63.4 Å². The lowest BCUT2D eigenvalue weighted by atomic mass is 10.0. The molecule has 0 spiro atoms. The number of fused-ring (bicyclic) bond motifs is 1. The van der Waals surface area contributed by atoms with Crippen LogP contribution in [0.25, 0.3) is 22.2 Å². The van der Waals surface area contributed by atoms with E-state index in [9.17, 15) is 4.39 Å². The highest BCUT2D eigenvalue weighted by Gasteiger charge is 2.14. The van der Waals surface area contributed by atoms with E-state index in [0.29, 0.717) is 26.8 Å². The lowest BCUT2D eigenvalue weighted by molar-refractivity contribution is 0.628. The van der Waals surface area contributed by atoms with Gasteiger partial charge in [0.15, 0.2) is 0 Å². The van der Waals surface area contributed by atoms with E-state index >= 15 is 0 Å². The van der Waals surface area contributed by atoms with Crippen molar-refractivity contribution in [1.29, 1.82) is 0 Å². The zero-order valence-electron chi connectivity index (χ0n) is 11.8. The molecule has 0 aliphatic carbocycles. The number of aryl methyl sites for hydroxylation is 1. The largest absolute Gasteiger partial charge is 0.326 e. The van der Waals surface area contributed by atoms with Crippen molar-refractivity contribution in [1.82, 2.24) is 4.98 Å². The molecule has 0 aliphatic heterocycles. The van der Waals surface area contributed by atoms with Crippen molar-refractivity contribution in [2.75, 3.05) is 0 Å². The summed E-state index contributed by atoms with van der Waals surface area (Å²) in [6, 6.07) is 9.94. The van der Waals surface area contributed by atoms with Gasteiger partial charge < -0.3 is 5.73 Å². The molecule has 1 heterocycles. The molecule has 0 fully saturated rings. The van der Waals surface area contributed by atoms with Gasteiger partial charge in [0.1, 0.15) is 5.82 Å². The van der Waals surface area contributed by atoms with Crippen LogP contribution in [0.5, 0.6) is 0 Å². The molecule has 2 N–H and O–H groups in total. The minimum Gasteiger partial charge on any atom is -0.326 e. The first-order chi connectivity index (χ1) is 10.5. The summed E-state index contributed by atoms with van der Waals surface area (Å²) in [7, 11) is 0. The van der Waals surface area contributed by atoms with Crippen LogP contribution in [0.15, 0.2) is 36.4 Å². The Hall–Kier alpha value is -1.68. The molecule has 2 aromatic carbocycles. The lowest BCUT2D eigenvalue weighted by Gasteiger charge is -2.12. The number of halogens is 3. The summed E-state index contributed by atoms with van der Waals surface area (Å²) in [6.45, 7) is 2.24. The number of rotatable bonds is 2. The predicted molar refractivity (Wildman–Crippen MR) is 89.8 cm³/mol. The number of nitrogens with zero attached hydrogens (tertiary/aromatic N) is 1. The molecule has 0 bridgehead atoms. The molecule has 0 radical (unpaired) electrons. The number of pyridine rings is 1. The minimum absolute atomic E-state index is 0.274. The normalized spacial score (nSPS) is 11.1. The molecule has 5 heteroatoms. The van der Waals surface area contributed by atoms with Gasteiger partial charge in [-0.2, -0.15) is 0 Å². The van der Waals surface area contributed by atoms with Gasteiger partial charge in [0.05, 0.1) is 21.3 Å². The number of aromatic nitrogens is 1. The molecule has 0 aliphatic rings. The second kappa shape index (κ2) is 5.84. The Labute approximate surface area is 137 Å². The van der Waals surface area contributed by atoms with Crippen LogP contribution in [0.4, 0.5) is 4.39 Å². The van der Waals surface area contributed by atoms with E-state index in [1.807, 2.05) is 25.1 Å². The molecular formula is C17H13Cl2FN2. The van der Waals surface area contributed by atoms with Gasteiger partial charge in [-0.15, -0.1) is 0 Å². The highest BCUT2D eigenvalue weighted by molar-refractivity contribution is 6.35. The van der Waals surface area contributed by atoms with Crippen LogP contribution in [-0.2, 0) is 6.54 Å². The maximum atomic E-state index is 13.6. The molecule has 0 saturated carbocycles. The second-order valence-corrected chi connectivity index (χ2v) is 5.96. The van der Waals surface area contributed by atoms with E-state index in [0.717, 1.165) is 16.5 Å². The molecule has 3 aromatic rings. The maximum absolute atomic E-state index is 13.6. The fraction of sp³-hybridized carbons (Fsp3) is 0.118. The average Bonchev–Trinajstić information content (AvgIpc) is 2.48. The average molecular weight is 335 g/mol. The molecule has 22 heavy (non-hydrogen) atoms. The number of hydrogen-bond acceptors (Lipinski definition) is 2. The van der Waals surface area contributed by atoms with Gasteiger partial charge in [-0.3, -0.25) is 0 Å². The minimum atomic E-state index is -0.376. The molecular weight excluding hydrogens is 322 g/mol. The van der Waals surface area contributed by atoms with Crippen LogP contribution < -0.4 is 5.73 Å². The van der Waals surface area contributed by atoms with E-state index in [4.69, 9.17) is 28.9 Å². The van der Waals surface area contributed by atoms with Gasteiger partial charge in [0.25, 0.3) is 0 Å². The Bertz CT molecular complexity index is 878. The molecule has 0 saturated heterocycles. The first kappa shape index (κ1) is 15.2. The van der Waals surface area contributed by atoms with Gasteiger partial charge in [0.2, 0.25) is 0 Å². The first-order valence-corrected chi connectivity index (χ1v) is 7.50. The van der Waals surface area contributed by atoms with Crippen LogP contribution in [0, 0.1) is 12.7 Å². The van der Waals surface area contributed by atoms with Gasteiger partial charge in [-0.25, -0.2) is 9.37 Å². The van der Waals surface area contributed by atoms with E-state index in [1.165, 1.54) is 18.2 Å². The Balaban J connectivity index is 2.35. The number of benzene rings is 2. The number of nitrogens with two attached hydrogens (primary N) is 1. The summed E-state index contributed by atoms with van der Waals surface area (Å²) in [5, 5.41) is 1.88. The Kier molecular flexibility index (Phi) is 4.04. The third-order valence-electron chi connectivity index (χ3n) is 3.50.